The van der Waals surface area contributed by atoms with Gasteiger partial charge >= 0.3 is 0 Å². The van der Waals surface area contributed by atoms with Crippen molar-refractivity contribution in [3.05, 3.63) is 45.6 Å². The van der Waals surface area contributed by atoms with Crippen LogP contribution in [-0.4, -0.2) is 34.1 Å². The molecular weight excluding hydrogens is 330 g/mol. The molecule has 1 unspecified atom stereocenters. The molecule has 3 rings (SSSR count). The van der Waals surface area contributed by atoms with Gasteiger partial charge in [0.1, 0.15) is 5.69 Å². The van der Waals surface area contributed by atoms with E-state index in [1.54, 1.807) is 11.8 Å². The number of aryl methyl sites for hydroxylation is 1. The molecule has 0 aromatic carbocycles. The molecule has 0 saturated carbocycles. The summed E-state index contributed by atoms with van der Waals surface area (Å²) in [5.41, 5.74) is -0.678. The third kappa shape index (κ3) is 3.03. The van der Waals surface area contributed by atoms with Crippen LogP contribution in [0.25, 0.3) is 0 Å². The summed E-state index contributed by atoms with van der Waals surface area (Å²) in [5, 5.41) is 2.46. The average molecular weight is 343 g/mol. The first-order chi connectivity index (χ1) is 11.3. The van der Waals surface area contributed by atoms with Gasteiger partial charge < -0.3 is 10.2 Å². The van der Waals surface area contributed by atoms with Crippen LogP contribution in [0.3, 0.4) is 0 Å². The molecule has 128 valence electrons. The predicted octanol–water partition coefficient (Wildman–Crippen LogP) is 1.72. The van der Waals surface area contributed by atoms with Gasteiger partial charge in [-0.3, -0.25) is 9.78 Å². The highest BCUT2D eigenvalue weighted by molar-refractivity contribution is 5.47. The Morgan fingerprint density at radius 2 is 1.88 bits per heavy atom. The van der Waals surface area contributed by atoms with Gasteiger partial charge in [-0.1, -0.05) is 0 Å². The molecule has 10 heteroatoms. The number of H-pyrrole nitrogens is 1. The summed E-state index contributed by atoms with van der Waals surface area (Å²) in [7, 11) is 0. The third-order valence-corrected chi connectivity index (χ3v) is 3.69. The lowest BCUT2D eigenvalue weighted by atomic mass is 10.2. The molecule has 24 heavy (non-hydrogen) atoms. The molecule has 1 fully saturated rings. The predicted molar refractivity (Wildman–Crippen MR) is 77.9 cm³/mol. The molecule has 0 aliphatic carbocycles. The van der Waals surface area contributed by atoms with Gasteiger partial charge in [-0.2, -0.15) is 22.5 Å². The molecule has 1 saturated heterocycles. The smallest absolute Gasteiger partial charge is 0.253 e. The van der Waals surface area contributed by atoms with Crippen LogP contribution in [0.4, 0.5) is 29.2 Å². The lowest BCUT2D eigenvalue weighted by molar-refractivity contribution is 0.409. The SMILES string of the molecule is Cc1cc(=O)[nH]c(N2CCC(Nc3c(F)c(F)nc(F)c3F)C2)n1. The first kappa shape index (κ1) is 16.2. The summed E-state index contributed by atoms with van der Waals surface area (Å²) in [4.78, 5) is 22.4. The Hall–Kier alpha value is -2.65. The van der Waals surface area contributed by atoms with E-state index in [0.29, 0.717) is 24.6 Å². The fraction of sp³-hybridized carbons (Fsp3) is 0.357. The molecule has 6 nitrogen and oxygen atoms in total. The zero-order valence-corrected chi connectivity index (χ0v) is 12.5. The van der Waals surface area contributed by atoms with Gasteiger partial charge in [0.05, 0.1) is 0 Å². The third-order valence-electron chi connectivity index (χ3n) is 3.69. The highest BCUT2D eigenvalue weighted by Gasteiger charge is 2.28. The minimum absolute atomic E-state index is 0.247. The normalized spacial score (nSPS) is 17.4. The Balaban J connectivity index is 1.79. The summed E-state index contributed by atoms with van der Waals surface area (Å²) >= 11 is 0. The van der Waals surface area contributed by atoms with Crippen molar-refractivity contribution < 1.29 is 17.6 Å². The molecule has 2 N–H and O–H groups in total. The Morgan fingerprint density at radius 1 is 1.21 bits per heavy atom. The van der Waals surface area contributed by atoms with E-state index in [4.69, 9.17) is 0 Å². The average Bonchev–Trinajstić information content (AvgIpc) is 2.97. The second kappa shape index (κ2) is 6.10. The van der Waals surface area contributed by atoms with E-state index in [1.807, 2.05) is 0 Å². The van der Waals surface area contributed by atoms with E-state index in [1.165, 1.54) is 6.07 Å². The quantitative estimate of drug-likeness (QED) is 0.656. The molecule has 0 spiro atoms. The van der Waals surface area contributed by atoms with Crippen LogP contribution in [0.1, 0.15) is 12.1 Å². The van der Waals surface area contributed by atoms with Crippen molar-refractivity contribution in [1.82, 2.24) is 15.0 Å². The van der Waals surface area contributed by atoms with Crippen molar-refractivity contribution in [2.24, 2.45) is 0 Å². The maximum Gasteiger partial charge on any atom is 0.253 e. The van der Waals surface area contributed by atoms with Gasteiger partial charge in [0, 0.05) is 30.9 Å². The Labute approximate surface area is 133 Å². The number of rotatable bonds is 3. The fourth-order valence-electron chi connectivity index (χ4n) is 2.60. The van der Waals surface area contributed by atoms with Gasteiger partial charge in [-0.05, 0) is 13.3 Å². The van der Waals surface area contributed by atoms with Crippen molar-refractivity contribution in [2.45, 2.75) is 19.4 Å². The Morgan fingerprint density at radius 3 is 2.50 bits per heavy atom. The van der Waals surface area contributed by atoms with Crippen LogP contribution in [-0.2, 0) is 0 Å². The van der Waals surface area contributed by atoms with Crippen molar-refractivity contribution in [3.8, 4) is 0 Å². The van der Waals surface area contributed by atoms with Gasteiger partial charge in [0.15, 0.2) is 0 Å². The number of nitrogens with one attached hydrogen (secondary N) is 2. The van der Waals surface area contributed by atoms with Crippen LogP contribution in [0, 0.1) is 30.5 Å². The van der Waals surface area contributed by atoms with E-state index in [9.17, 15) is 22.4 Å². The summed E-state index contributed by atoms with van der Waals surface area (Å²) in [5.74, 6) is -6.24. The van der Waals surface area contributed by atoms with Crippen LogP contribution in [0.15, 0.2) is 10.9 Å². The van der Waals surface area contributed by atoms with Gasteiger partial charge in [-0.25, -0.2) is 4.98 Å². The lowest BCUT2D eigenvalue weighted by Crippen LogP contribution is -2.29. The van der Waals surface area contributed by atoms with Crippen LogP contribution in [0.2, 0.25) is 0 Å². The molecule has 0 bridgehead atoms. The molecule has 1 atom stereocenters. The largest absolute Gasteiger partial charge is 0.375 e. The molecule has 1 aliphatic rings. The minimum atomic E-state index is -1.71. The standard InChI is InChI=1S/C14H13F4N5O/c1-6-4-8(24)21-14(19-6)23-3-2-7(5-23)20-11-9(15)12(17)22-13(18)10(11)16/h4,7H,2-3,5H2,1H3,(H,20,22)(H,19,21,24). The lowest BCUT2D eigenvalue weighted by Gasteiger charge is -2.18. The van der Waals surface area contributed by atoms with Crippen molar-refractivity contribution in [2.75, 3.05) is 23.3 Å². The maximum atomic E-state index is 13.6. The number of hydrogen-bond acceptors (Lipinski definition) is 5. The summed E-state index contributed by atoms with van der Waals surface area (Å²) in [6.07, 6.45) is 0.433. The van der Waals surface area contributed by atoms with E-state index in [-0.39, 0.29) is 12.1 Å². The van der Waals surface area contributed by atoms with Crippen molar-refractivity contribution in [1.29, 1.82) is 0 Å². The van der Waals surface area contributed by atoms with E-state index >= 15 is 0 Å². The number of hydrogen-bond donors (Lipinski definition) is 2. The van der Waals surface area contributed by atoms with Crippen molar-refractivity contribution >= 4 is 11.6 Å². The van der Waals surface area contributed by atoms with Gasteiger partial charge in [0.25, 0.3) is 17.5 Å². The first-order valence-corrected chi connectivity index (χ1v) is 7.14. The highest BCUT2D eigenvalue weighted by atomic mass is 19.2. The summed E-state index contributed by atoms with van der Waals surface area (Å²) in [6, 6.07) is 0.851. The number of anilines is 2. The first-order valence-electron chi connectivity index (χ1n) is 7.14. The second-order valence-electron chi connectivity index (χ2n) is 5.48. The second-order valence-corrected chi connectivity index (χ2v) is 5.48. The molecule has 3 heterocycles. The molecule has 0 amide bonds. The van der Waals surface area contributed by atoms with E-state index in [2.05, 4.69) is 20.3 Å². The van der Waals surface area contributed by atoms with E-state index < -0.39 is 35.3 Å². The molecule has 2 aromatic heterocycles. The van der Waals surface area contributed by atoms with Gasteiger partial charge in [0.2, 0.25) is 17.6 Å². The maximum absolute atomic E-state index is 13.6. The summed E-state index contributed by atoms with van der Waals surface area (Å²) in [6.45, 7) is 2.36. The van der Waals surface area contributed by atoms with Crippen LogP contribution in [0.5, 0.6) is 0 Å². The highest BCUT2D eigenvalue weighted by Crippen LogP contribution is 2.25. The Bertz CT molecular complexity index is 814. The van der Waals surface area contributed by atoms with Crippen LogP contribution < -0.4 is 15.8 Å². The number of pyridine rings is 1. The van der Waals surface area contributed by atoms with Crippen molar-refractivity contribution in [3.63, 3.8) is 0 Å². The number of halogens is 4. The molecule has 0 radical (unpaired) electrons. The monoisotopic (exact) mass is 343 g/mol. The number of aromatic nitrogens is 3. The fourth-order valence-corrected chi connectivity index (χ4v) is 2.60. The zero-order chi connectivity index (χ0) is 17.4. The molecular formula is C14H13F4N5O. The molecule has 1 aliphatic heterocycles. The van der Waals surface area contributed by atoms with E-state index in [0.717, 1.165) is 0 Å². The summed E-state index contributed by atoms with van der Waals surface area (Å²) < 4.78 is 53.5. The minimum Gasteiger partial charge on any atom is -0.375 e. The zero-order valence-electron chi connectivity index (χ0n) is 12.5. The number of aromatic amines is 1. The van der Waals surface area contributed by atoms with Crippen LogP contribution >= 0.6 is 0 Å². The topological polar surface area (TPSA) is 73.9 Å². The Kier molecular flexibility index (Phi) is 4.12. The van der Waals surface area contributed by atoms with Gasteiger partial charge in [-0.15, -0.1) is 0 Å². The molecule has 2 aromatic rings. The number of nitrogens with zero attached hydrogens (tertiary/aromatic N) is 3.